The van der Waals surface area contributed by atoms with Gasteiger partial charge >= 0.3 is 6.18 Å². The molecule has 3 aromatic carbocycles. The summed E-state index contributed by atoms with van der Waals surface area (Å²) in [5, 5.41) is 5.51. The molecule has 0 bridgehead atoms. The molecule has 0 spiro atoms. The monoisotopic (exact) mass is 520 g/mol. The Morgan fingerprint density at radius 2 is 1.83 bits per heavy atom. The third kappa shape index (κ3) is 7.33. The zero-order valence-corrected chi connectivity index (χ0v) is 20.4. The van der Waals surface area contributed by atoms with Crippen molar-refractivity contribution in [3.63, 3.8) is 0 Å². The maximum absolute atomic E-state index is 12.9. The van der Waals surface area contributed by atoms with Crippen molar-refractivity contribution in [3.8, 4) is 11.8 Å². The number of hydrogen-bond donors (Lipinski definition) is 2. The Morgan fingerprint density at radius 1 is 1.09 bits per heavy atom. The largest absolute Gasteiger partial charge is 0.416 e. The van der Waals surface area contributed by atoms with Crippen LogP contribution in [0.4, 0.5) is 13.2 Å². The van der Waals surface area contributed by atoms with Crippen molar-refractivity contribution in [1.29, 1.82) is 0 Å². The molecule has 35 heavy (non-hydrogen) atoms. The highest BCUT2D eigenvalue weighted by atomic mass is 35.5. The molecule has 0 fully saturated rings. The van der Waals surface area contributed by atoms with Crippen LogP contribution in [0.1, 0.15) is 30.5 Å². The van der Waals surface area contributed by atoms with Gasteiger partial charge in [-0.1, -0.05) is 72.0 Å². The van der Waals surface area contributed by atoms with Crippen molar-refractivity contribution < 1.29 is 21.6 Å². The first-order chi connectivity index (χ1) is 16.6. The van der Waals surface area contributed by atoms with Crippen LogP contribution in [0.25, 0.3) is 10.8 Å². The molecule has 9 heteroatoms. The molecule has 1 atom stereocenters. The summed E-state index contributed by atoms with van der Waals surface area (Å²) in [6, 6.07) is 16.7. The second-order valence-electron chi connectivity index (χ2n) is 7.71. The normalized spacial score (nSPS) is 13.1. The zero-order valence-electron chi connectivity index (χ0n) is 18.9. The van der Waals surface area contributed by atoms with Gasteiger partial charge in [0.25, 0.3) is 0 Å². The van der Waals surface area contributed by atoms with Gasteiger partial charge in [0.1, 0.15) is 4.90 Å². The number of halogens is 4. The number of sulfonamides is 1. The molecule has 3 aromatic rings. The van der Waals surface area contributed by atoms with E-state index in [0.717, 1.165) is 12.1 Å². The van der Waals surface area contributed by atoms with E-state index in [9.17, 15) is 21.6 Å². The van der Waals surface area contributed by atoms with Crippen molar-refractivity contribution >= 4 is 32.4 Å². The summed E-state index contributed by atoms with van der Waals surface area (Å²) in [4.78, 5) is -0.617. The fraction of sp³-hybridized carbons (Fsp3) is 0.231. The minimum atomic E-state index is -4.67. The molecule has 3 rings (SSSR count). The van der Waals surface area contributed by atoms with Crippen molar-refractivity contribution in [2.45, 2.75) is 30.5 Å². The van der Waals surface area contributed by atoms with Crippen LogP contribution in [-0.4, -0.2) is 21.5 Å². The predicted molar refractivity (Wildman–Crippen MR) is 134 cm³/mol. The van der Waals surface area contributed by atoms with E-state index in [-0.39, 0.29) is 24.0 Å². The van der Waals surface area contributed by atoms with E-state index < -0.39 is 26.7 Å². The number of fused-ring (bicyclic) bond motifs is 1. The van der Waals surface area contributed by atoms with Crippen molar-refractivity contribution in [2.75, 3.05) is 13.1 Å². The first kappa shape index (κ1) is 26.8. The van der Waals surface area contributed by atoms with Gasteiger partial charge < -0.3 is 5.32 Å². The van der Waals surface area contributed by atoms with E-state index >= 15 is 0 Å². The summed E-state index contributed by atoms with van der Waals surface area (Å²) in [6.07, 6.45) is -0.962. The smallest absolute Gasteiger partial charge is 0.307 e. The van der Waals surface area contributed by atoms with Gasteiger partial charge in [0.2, 0.25) is 10.0 Å². The van der Waals surface area contributed by atoms with Crippen LogP contribution >= 0.6 is 11.6 Å². The van der Waals surface area contributed by atoms with Gasteiger partial charge in [0.15, 0.2) is 0 Å². The summed E-state index contributed by atoms with van der Waals surface area (Å²) in [5.41, 5.74) is 0.117. The molecule has 0 aliphatic heterocycles. The SMILES string of the molecule is C[C@@H](NCC=CC#CCCNS(=O)(=O)c1cc(C(F)(F)F)ccc1Cl)c1cccc2ccccc12. The minimum absolute atomic E-state index is 0.0634. The third-order valence-corrected chi connectivity index (χ3v) is 7.17. The van der Waals surface area contributed by atoms with Crippen LogP contribution in [0.15, 0.2) is 77.7 Å². The highest BCUT2D eigenvalue weighted by Crippen LogP contribution is 2.33. The Balaban J connectivity index is 1.47. The van der Waals surface area contributed by atoms with Crippen LogP contribution < -0.4 is 10.0 Å². The summed E-state index contributed by atoms with van der Waals surface area (Å²) in [6.45, 7) is 2.62. The second kappa shape index (κ2) is 11.7. The van der Waals surface area contributed by atoms with Gasteiger partial charge in [0.05, 0.1) is 10.6 Å². The summed E-state index contributed by atoms with van der Waals surface area (Å²) >= 11 is 5.80. The molecule has 184 valence electrons. The average Bonchev–Trinajstić information content (AvgIpc) is 2.81. The van der Waals surface area contributed by atoms with E-state index in [1.54, 1.807) is 6.08 Å². The van der Waals surface area contributed by atoms with Crippen molar-refractivity contribution in [3.05, 3.63) is 89.0 Å². The zero-order chi connectivity index (χ0) is 25.5. The summed E-state index contributed by atoms with van der Waals surface area (Å²) in [7, 11) is -4.20. The molecule has 0 aromatic heterocycles. The molecule has 2 N–H and O–H groups in total. The van der Waals surface area contributed by atoms with Gasteiger partial charge in [-0.3, -0.25) is 0 Å². The highest BCUT2D eigenvalue weighted by molar-refractivity contribution is 7.89. The molecular formula is C26H24ClF3N2O2S. The Labute approximate surface area is 208 Å². The second-order valence-corrected chi connectivity index (χ2v) is 9.86. The summed E-state index contributed by atoms with van der Waals surface area (Å²) in [5.74, 6) is 5.61. The lowest BCUT2D eigenvalue weighted by atomic mass is 10.00. The molecular weight excluding hydrogens is 497 g/mol. The predicted octanol–water partition coefficient (Wildman–Crippen LogP) is 6.09. The molecule has 0 aliphatic carbocycles. The number of alkyl halides is 3. The lowest BCUT2D eigenvalue weighted by molar-refractivity contribution is -0.137. The topological polar surface area (TPSA) is 58.2 Å². The van der Waals surface area contributed by atoms with Crippen LogP contribution in [0.5, 0.6) is 0 Å². The quantitative estimate of drug-likeness (QED) is 0.279. The number of nitrogens with one attached hydrogen (secondary N) is 2. The lowest BCUT2D eigenvalue weighted by Gasteiger charge is -2.15. The van der Waals surface area contributed by atoms with Gasteiger partial charge in [0, 0.05) is 25.6 Å². The number of rotatable bonds is 8. The molecule has 0 saturated heterocycles. The van der Waals surface area contributed by atoms with Gasteiger partial charge in [-0.2, -0.15) is 13.2 Å². The average molecular weight is 521 g/mol. The fourth-order valence-electron chi connectivity index (χ4n) is 3.44. The van der Waals surface area contributed by atoms with Crippen LogP contribution in [-0.2, 0) is 16.2 Å². The maximum atomic E-state index is 12.9. The third-order valence-electron chi connectivity index (χ3n) is 5.23. The fourth-order valence-corrected chi connectivity index (χ4v) is 5.00. The van der Waals surface area contributed by atoms with E-state index in [2.05, 4.69) is 53.1 Å². The van der Waals surface area contributed by atoms with E-state index in [1.807, 2.05) is 24.3 Å². The van der Waals surface area contributed by atoms with E-state index in [4.69, 9.17) is 11.6 Å². The summed E-state index contributed by atoms with van der Waals surface area (Å²) < 4.78 is 65.5. The van der Waals surface area contributed by atoms with Crippen molar-refractivity contribution in [2.24, 2.45) is 0 Å². The first-order valence-electron chi connectivity index (χ1n) is 10.8. The van der Waals surface area contributed by atoms with E-state index in [0.29, 0.717) is 12.6 Å². The van der Waals surface area contributed by atoms with Crippen LogP contribution in [0, 0.1) is 11.8 Å². The van der Waals surface area contributed by atoms with Crippen LogP contribution in [0.2, 0.25) is 5.02 Å². The molecule has 0 heterocycles. The number of hydrogen-bond acceptors (Lipinski definition) is 3. The Hall–Kier alpha value is -2.83. The Kier molecular flexibility index (Phi) is 8.98. The van der Waals surface area contributed by atoms with Crippen LogP contribution in [0.3, 0.4) is 0 Å². The first-order valence-corrected chi connectivity index (χ1v) is 12.7. The Morgan fingerprint density at radius 3 is 2.60 bits per heavy atom. The van der Waals surface area contributed by atoms with Gasteiger partial charge in [-0.05, 0) is 47.5 Å². The number of allylic oxidation sites excluding steroid dienone is 1. The molecule has 0 amide bonds. The van der Waals surface area contributed by atoms with E-state index in [1.165, 1.54) is 16.3 Å². The molecule has 0 aliphatic rings. The molecule has 0 saturated carbocycles. The molecule has 4 nitrogen and oxygen atoms in total. The lowest BCUT2D eigenvalue weighted by Crippen LogP contribution is -2.25. The molecule has 0 unspecified atom stereocenters. The van der Waals surface area contributed by atoms with Crippen molar-refractivity contribution in [1.82, 2.24) is 10.0 Å². The number of benzene rings is 3. The van der Waals surface area contributed by atoms with Gasteiger partial charge in [-0.15, -0.1) is 0 Å². The Bertz CT molecular complexity index is 1370. The highest BCUT2D eigenvalue weighted by Gasteiger charge is 2.32. The minimum Gasteiger partial charge on any atom is -0.307 e. The molecule has 0 radical (unpaired) electrons. The van der Waals surface area contributed by atoms with Gasteiger partial charge in [-0.25, -0.2) is 13.1 Å². The maximum Gasteiger partial charge on any atom is 0.416 e. The standard InChI is InChI=1S/C26H24ClF3N2O2S/c1-19(22-13-9-11-20-10-5-6-12-23(20)22)31-16-7-3-2-4-8-17-32-35(33,34)25-18-21(26(28,29)30)14-15-24(25)27/h3,5-7,9-15,18-19,31-32H,8,16-17H2,1H3/t19-/m1/s1.